The number of aromatic nitrogens is 4. The van der Waals surface area contributed by atoms with Gasteiger partial charge in [0.2, 0.25) is 5.91 Å². The molecule has 1 aliphatic rings. The fourth-order valence-electron chi connectivity index (χ4n) is 3.20. The summed E-state index contributed by atoms with van der Waals surface area (Å²) < 4.78 is 1.89. The molecule has 0 N–H and O–H groups in total. The summed E-state index contributed by atoms with van der Waals surface area (Å²) in [5.74, 6) is 1.89. The summed E-state index contributed by atoms with van der Waals surface area (Å²) in [5.41, 5.74) is 0. The molecular weight excluding hydrogens is 336 g/mol. The van der Waals surface area contributed by atoms with Crippen molar-refractivity contribution in [3.8, 4) is 0 Å². The second kappa shape index (κ2) is 7.18. The number of rotatable bonds is 5. The molecule has 4 heterocycles. The van der Waals surface area contributed by atoms with Crippen LogP contribution >= 0.6 is 11.3 Å². The first kappa shape index (κ1) is 16.0. The molecule has 0 radical (unpaired) electrons. The number of anilines is 1. The van der Waals surface area contributed by atoms with Crippen molar-refractivity contribution in [3.63, 3.8) is 0 Å². The zero-order valence-corrected chi connectivity index (χ0v) is 14.7. The van der Waals surface area contributed by atoms with E-state index in [2.05, 4.69) is 37.6 Å². The molecule has 25 heavy (non-hydrogen) atoms. The van der Waals surface area contributed by atoms with Crippen LogP contribution in [0.5, 0.6) is 0 Å². The molecule has 130 valence electrons. The minimum absolute atomic E-state index is 0.264. The van der Waals surface area contributed by atoms with Crippen LogP contribution in [0.4, 0.5) is 5.82 Å². The van der Waals surface area contributed by atoms with E-state index in [0.717, 1.165) is 44.8 Å². The molecule has 7 nitrogen and oxygen atoms in total. The van der Waals surface area contributed by atoms with E-state index in [1.54, 1.807) is 23.9 Å². The predicted octanol–water partition coefficient (Wildman–Crippen LogP) is 1.86. The van der Waals surface area contributed by atoms with Crippen molar-refractivity contribution >= 4 is 28.8 Å². The zero-order valence-electron chi connectivity index (χ0n) is 13.9. The van der Waals surface area contributed by atoms with Crippen LogP contribution in [-0.4, -0.2) is 56.6 Å². The number of hydrogen-bond acceptors (Lipinski definition) is 6. The van der Waals surface area contributed by atoms with Crippen molar-refractivity contribution in [3.05, 3.63) is 41.0 Å². The molecule has 0 atom stereocenters. The highest BCUT2D eigenvalue weighted by molar-refractivity contribution is 7.09. The average molecular weight is 356 g/mol. The summed E-state index contributed by atoms with van der Waals surface area (Å²) in [6.07, 6.45) is 5.97. The molecular formula is C17H20N6OS. The standard InChI is InChI=1S/C17H20N6OS/c24-16(5-1-3-14-4-2-12-25-14)22-10-8-21(9-11-22)15-6-7-18-17-20-19-13-23(15)17/h2,4,6-7,12-13H,1,3,5,8-11H2. The van der Waals surface area contributed by atoms with Gasteiger partial charge in [0.05, 0.1) is 0 Å². The third kappa shape index (κ3) is 3.48. The lowest BCUT2D eigenvalue weighted by atomic mass is 10.2. The van der Waals surface area contributed by atoms with Crippen LogP contribution in [0, 0.1) is 0 Å². The SMILES string of the molecule is O=C(CCCc1cccs1)N1CCN(c2ccnc3nncn23)CC1. The molecule has 0 aliphatic carbocycles. The lowest BCUT2D eigenvalue weighted by Crippen LogP contribution is -2.49. The molecule has 1 saturated heterocycles. The quantitative estimate of drug-likeness (QED) is 0.698. The van der Waals surface area contributed by atoms with Gasteiger partial charge in [0.1, 0.15) is 12.1 Å². The lowest BCUT2D eigenvalue weighted by molar-refractivity contribution is -0.131. The van der Waals surface area contributed by atoms with E-state index in [1.165, 1.54) is 4.88 Å². The van der Waals surface area contributed by atoms with E-state index in [1.807, 2.05) is 15.4 Å². The van der Waals surface area contributed by atoms with Gasteiger partial charge >= 0.3 is 0 Å². The van der Waals surface area contributed by atoms with Crippen LogP contribution < -0.4 is 4.90 Å². The Bertz CT molecular complexity index is 838. The van der Waals surface area contributed by atoms with Gasteiger partial charge in [0, 0.05) is 43.7 Å². The Morgan fingerprint density at radius 2 is 2.08 bits per heavy atom. The van der Waals surface area contributed by atoms with Gasteiger partial charge < -0.3 is 9.80 Å². The summed E-state index contributed by atoms with van der Waals surface area (Å²) in [6.45, 7) is 3.13. The summed E-state index contributed by atoms with van der Waals surface area (Å²) in [7, 11) is 0. The number of aryl methyl sites for hydroxylation is 1. The molecule has 0 aromatic carbocycles. The highest BCUT2D eigenvalue weighted by atomic mass is 32.1. The molecule has 4 rings (SSSR count). The maximum absolute atomic E-state index is 12.4. The Morgan fingerprint density at radius 1 is 1.20 bits per heavy atom. The lowest BCUT2D eigenvalue weighted by Gasteiger charge is -2.36. The summed E-state index contributed by atoms with van der Waals surface area (Å²) >= 11 is 1.76. The summed E-state index contributed by atoms with van der Waals surface area (Å²) in [4.78, 5) is 22.2. The van der Waals surface area contributed by atoms with E-state index in [4.69, 9.17) is 0 Å². The highest BCUT2D eigenvalue weighted by Gasteiger charge is 2.22. The van der Waals surface area contributed by atoms with Crippen molar-refractivity contribution < 1.29 is 4.79 Å². The van der Waals surface area contributed by atoms with E-state index in [-0.39, 0.29) is 5.91 Å². The molecule has 1 fully saturated rings. The number of fused-ring (bicyclic) bond motifs is 1. The second-order valence-corrected chi connectivity index (χ2v) is 7.14. The average Bonchev–Trinajstić information content (AvgIpc) is 3.33. The van der Waals surface area contributed by atoms with E-state index in [0.29, 0.717) is 12.2 Å². The number of hydrogen-bond donors (Lipinski definition) is 0. The van der Waals surface area contributed by atoms with Gasteiger partial charge in [0.15, 0.2) is 0 Å². The third-order valence-electron chi connectivity index (χ3n) is 4.54. The predicted molar refractivity (Wildman–Crippen MR) is 96.8 cm³/mol. The highest BCUT2D eigenvalue weighted by Crippen LogP contribution is 2.17. The molecule has 0 unspecified atom stereocenters. The number of nitrogens with zero attached hydrogens (tertiary/aromatic N) is 6. The Morgan fingerprint density at radius 3 is 2.88 bits per heavy atom. The van der Waals surface area contributed by atoms with Gasteiger partial charge in [-0.1, -0.05) is 6.07 Å². The van der Waals surface area contributed by atoms with Crippen LogP contribution in [0.1, 0.15) is 17.7 Å². The Balaban J connectivity index is 1.30. The largest absolute Gasteiger partial charge is 0.354 e. The minimum atomic E-state index is 0.264. The van der Waals surface area contributed by atoms with Crippen LogP contribution in [0.3, 0.4) is 0 Å². The molecule has 0 bridgehead atoms. The molecule has 1 aliphatic heterocycles. The zero-order chi connectivity index (χ0) is 17.1. The second-order valence-electron chi connectivity index (χ2n) is 6.10. The third-order valence-corrected chi connectivity index (χ3v) is 5.48. The van der Waals surface area contributed by atoms with Gasteiger partial charge in [-0.15, -0.1) is 21.5 Å². The topological polar surface area (TPSA) is 66.6 Å². The van der Waals surface area contributed by atoms with E-state index in [9.17, 15) is 4.79 Å². The van der Waals surface area contributed by atoms with Gasteiger partial charge in [-0.2, -0.15) is 0 Å². The van der Waals surface area contributed by atoms with Crippen LogP contribution in [0.25, 0.3) is 5.78 Å². The Labute approximate surface area is 149 Å². The normalized spacial score (nSPS) is 15.0. The fourth-order valence-corrected chi connectivity index (χ4v) is 3.95. The van der Waals surface area contributed by atoms with E-state index >= 15 is 0 Å². The monoisotopic (exact) mass is 356 g/mol. The van der Waals surface area contributed by atoms with Gasteiger partial charge in [-0.3, -0.25) is 9.20 Å². The maximum atomic E-state index is 12.4. The van der Waals surface area contributed by atoms with Crippen LogP contribution in [0.2, 0.25) is 0 Å². The van der Waals surface area contributed by atoms with Gasteiger partial charge in [0.25, 0.3) is 5.78 Å². The molecule has 1 amide bonds. The summed E-state index contributed by atoms with van der Waals surface area (Å²) in [6, 6.07) is 6.16. The van der Waals surface area contributed by atoms with Crippen LogP contribution in [0.15, 0.2) is 36.1 Å². The number of carbonyl (C=O) groups excluding carboxylic acids is 1. The van der Waals surface area contributed by atoms with Crippen molar-refractivity contribution in [1.82, 2.24) is 24.5 Å². The first-order valence-electron chi connectivity index (χ1n) is 8.51. The van der Waals surface area contributed by atoms with E-state index < -0.39 is 0 Å². The summed E-state index contributed by atoms with van der Waals surface area (Å²) in [5, 5.41) is 9.98. The maximum Gasteiger partial charge on any atom is 0.256 e. The Kier molecular flexibility index (Phi) is 4.60. The van der Waals surface area contributed by atoms with Crippen LogP contribution in [-0.2, 0) is 11.2 Å². The number of thiophene rings is 1. The molecule has 0 spiro atoms. The van der Waals surface area contributed by atoms with Gasteiger partial charge in [-0.25, -0.2) is 4.98 Å². The van der Waals surface area contributed by atoms with Gasteiger partial charge in [-0.05, 0) is 30.4 Å². The van der Waals surface area contributed by atoms with Crippen molar-refractivity contribution in [1.29, 1.82) is 0 Å². The smallest absolute Gasteiger partial charge is 0.256 e. The number of amides is 1. The number of carbonyl (C=O) groups is 1. The first-order chi connectivity index (χ1) is 12.3. The number of piperazine rings is 1. The van der Waals surface area contributed by atoms with Crippen molar-refractivity contribution in [2.24, 2.45) is 0 Å². The van der Waals surface area contributed by atoms with Crippen molar-refractivity contribution in [2.75, 3.05) is 31.1 Å². The first-order valence-corrected chi connectivity index (χ1v) is 9.39. The minimum Gasteiger partial charge on any atom is -0.354 e. The van der Waals surface area contributed by atoms with Crippen molar-refractivity contribution in [2.45, 2.75) is 19.3 Å². The Hall–Kier alpha value is -2.48. The molecule has 0 saturated carbocycles. The fraction of sp³-hybridized carbons (Fsp3) is 0.412. The molecule has 8 heteroatoms. The molecule has 3 aromatic heterocycles. The molecule has 3 aromatic rings.